The quantitative estimate of drug-likeness (QED) is 0.460. The third-order valence-electron chi connectivity index (χ3n) is 5.73. The van der Waals surface area contributed by atoms with Crippen LogP contribution in [0.5, 0.6) is 0 Å². The van der Waals surface area contributed by atoms with Crippen LogP contribution in [0.1, 0.15) is 16.7 Å². The molecule has 0 saturated carbocycles. The lowest BCUT2D eigenvalue weighted by atomic mass is 9.89. The SMILES string of the molecule is OCC1=C[C@H](O)[C@H](OCc2ccccc2)[C@@H](OCc2ccccc2)[C@@H]1OCc1ccccc1. The Kier molecular flexibility index (Phi) is 8.41. The first-order valence-electron chi connectivity index (χ1n) is 11.2. The summed E-state index contributed by atoms with van der Waals surface area (Å²) in [6.07, 6.45) is -1.09. The molecule has 172 valence electrons. The molecule has 3 aromatic carbocycles. The molecule has 0 aromatic heterocycles. The molecule has 1 aliphatic rings. The molecule has 0 heterocycles. The molecule has 4 atom stereocenters. The van der Waals surface area contributed by atoms with E-state index >= 15 is 0 Å². The van der Waals surface area contributed by atoms with Crippen molar-refractivity contribution in [1.29, 1.82) is 0 Å². The van der Waals surface area contributed by atoms with Crippen LogP contribution in [0, 0.1) is 0 Å². The summed E-state index contributed by atoms with van der Waals surface area (Å²) >= 11 is 0. The van der Waals surface area contributed by atoms with Crippen LogP contribution >= 0.6 is 0 Å². The Bertz CT molecular complexity index is 991. The highest BCUT2D eigenvalue weighted by molar-refractivity contribution is 5.23. The molecule has 33 heavy (non-hydrogen) atoms. The molecule has 2 N–H and O–H groups in total. The minimum absolute atomic E-state index is 0.229. The third-order valence-corrected chi connectivity index (χ3v) is 5.73. The summed E-state index contributed by atoms with van der Waals surface area (Å²) < 4.78 is 18.7. The molecule has 0 radical (unpaired) electrons. The molecule has 0 amide bonds. The Labute approximate surface area is 194 Å². The van der Waals surface area contributed by atoms with E-state index in [1.54, 1.807) is 6.08 Å². The second-order valence-corrected chi connectivity index (χ2v) is 8.13. The number of aliphatic hydroxyl groups is 2. The van der Waals surface area contributed by atoms with E-state index in [-0.39, 0.29) is 6.61 Å². The van der Waals surface area contributed by atoms with E-state index in [1.165, 1.54) is 0 Å². The van der Waals surface area contributed by atoms with Crippen molar-refractivity contribution >= 4 is 0 Å². The van der Waals surface area contributed by atoms with Gasteiger partial charge in [-0.25, -0.2) is 0 Å². The monoisotopic (exact) mass is 446 g/mol. The first kappa shape index (κ1) is 23.4. The lowest BCUT2D eigenvalue weighted by Gasteiger charge is -2.40. The molecule has 0 unspecified atom stereocenters. The number of hydrogen-bond acceptors (Lipinski definition) is 5. The zero-order valence-corrected chi connectivity index (χ0v) is 18.5. The highest BCUT2D eigenvalue weighted by Crippen LogP contribution is 2.29. The third kappa shape index (κ3) is 6.38. The second kappa shape index (κ2) is 11.9. The van der Waals surface area contributed by atoms with Crippen LogP contribution in [0.4, 0.5) is 0 Å². The van der Waals surface area contributed by atoms with Gasteiger partial charge in [0, 0.05) is 0 Å². The van der Waals surface area contributed by atoms with E-state index in [0.29, 0.717) is 25.4 Å². The number of hydrogen-bond donors (Lipinski definition) is 2. The largest absolute Gasteiger partial charge is 0.392 e. The summed E-state index contributed by atoms with van der Waals surface area (Å²) in [5, 5.41) is 20.9. The average Bonchev–Trinajstić information content (AvgIpc) is 2.87. The van der Waals surface area contributed by atoms with Crippen LogP contribution in [0.2, 0.25) is 0 Å². The molecule has 5 heteroatoms. The van der Waals surface area contributed by atoms with Gasteiger partial charge in [-0.05, 0) is 28.3 Å². The Balaban J connectivity index is 1.55. The molecule has 1 aliphatic carbocycles. The van der Waals surface area contributed by atoms with Crippen molar-refractivity contribution in [1.82, 2.24) is 0 Å². The van der Waals surface area contributed by atoms with Crippen molar-refractivity contribution in [2.45, 2.75) is 44.2 Å². The molecular formula is C28H30O5. The highest BCUT2D eigenvalue weighted by atomic mass is 16.6. The van der Waals surface area contributed by atoms with Gasteiger partial charge in [0.2, 0.25) is 0 Å². The van der Waals surface area contributed by atoms with Gasteiger partial charge < -0.3 is 24.4 Å². The van der Waals surface area contributed by atoms with E-state index in [4.69, 9.17) is 14.2 Å². The van der Waals surface area contributed by atoms with Crippen LogP contribution in [0.3, 0.4) is 0 Å². The van der Waals surface area contributed by atoms with E-state index in [9.17, 15) is 10.2 Å². The molecule has 0 saturated heterocycles. The fraction of sp³-hybridized carbons (Fsp3) is 0.286. The van der Waals surface area contributed by atoms with E-state index in [0.717, 1.165) is 16.7 Å². The fourth-order valence-corrected chi connectivity index (χ4v) is 4.00. The Morgan fingerprint density at radius 3 is 1.45 bits per heavy atom. The molecular weight excluding hydrogens is 416 g/mol. The summed E-state index contributed by atoms with van der Waals surface area (Å²) in [6.45, 7) is 0.803. The van der Waals surface area contributed by atoms with Gasteiger partial charge in [-0.1, -0.05) is 91.0 Å². The standard InChI is InChI=1S/C28H30O5/c29-17-24-16-25(30)27(32-19-22-12-6-2-7-13-22)28(33-20-23-14-8-3-9-15-23)26(24)31-18-21-10-4-1-5-11-21/h1-16,25-30H,17-20H2/t25-,26+,27-,28-/m0/s1. The minimum Gasteiger partial charge on any atom is -0.392 e. The zero-order valence-electron chi connectivity index (χ0n) is 18.5. The molecule has 4 rings (SSSR count). The first-order valence-corrected chi connectivity index (χ1v) is 11.2. The minimum atomic E-state index is -0.923. The van der Waals surface area contributed by atoms with Crippen LogP contribution in [-0.4, -0.2) is 41.2 Å². The molecule has 5 nitrogen and oxygen atoms in total. The van der Waals surface area contributed by atoms with Gasteiger partial charge in [0.25, 0.3) is 0 Å². The van der Waals surface area contributed by atoms with Crippen LogP contribution in [0.25, 0.3) is 0 Å². The molecule has 0 bridgehead atoms. The molecule has 3 aromatic rings. The van der Waals surface area contributed by atoms with Gasteiger partial charge >= 0.3 is 0 Å². The normalized spacial score (nSPS) is 22.7. The maximum absolute atomic E-state index is 10.9. The first-order chi connectivity index (χ1) is 16.2. The summed E-state index contributed by atoms with van der Waals surface area (Å²) in [5.41, 5.74) is 3.63. The molecule has 0 fully saturated rings. The summed E-state index contributed by atoms with van der Waals surface area (Å²) in [5.74, 6) is 0. The van der Waals surface area contributed by atoms with Gasteiger partial charge in [0.1, 0.15) is 24.4 Å². The van der Waals surface area contributed by atoms with Crippen molar-refractivity contribution in [3.8, 4) is 0 Å². The molecule has 0 spiro atoms. The van der Waals surface area contributed by atoms with E-state index < -0.39 is 24.4 Å². The molecule has 0 aliphatic heterocycles. The summed E-state index contributed by atoms with van der Waals surface area (Å²) in [7, 11) is 0. The zero-order chi connectivity index (χ0) is 22.9. The number of ether oxygens (including phenoxy) is 3. The maximum atomic E-state index is 10.9. The Morgan fingerprint density at radius 2 is 1.00 bits per heavy atom. The van der Waals surface area contributed by atoms with Gasteiger partial charge in [-0.15, -0.1) is 0 Å². The summed E-state index contributed by atoms with van der Waals surface area (Å²) in [6, 6.07) is 29.5. The fourth-order valence-electron chi connectivity index (χ4n) is 4.00. The predicted octanol–water partition coefficient (Wildman–Crippen LogP) is 4.04. The van der Waals surface area contributed by atoms with E-state index in [2.05, 4.69) is 0 Å². The van der Waals surface area contributed by atoms with Crippen LogP contribution < -0.4 is 0 Å². The van der Waals surface area contributed by atoms with Gasteiger partial charge in [0.15, 0.2) is 0 Å². The smallest absolute Gasteiger partial charge is 0.117 e. The van der Waals surface area contributed by atoms with E-state index in [1.807, 2.05) is 91.0 Å². The number of aliphatic hydroxyl groups excluding tert-OH is 2. The van der Waals surface area contributed by atoms with Crippen molar-refractivity contribution in [3.63, 3.8) is 0 Å². The van der Waals surface area contributed by atoms with Crippen LogP contribution in [0.15, 0.2) is 103 Å². The van der Waals surface area contributed by atoms with Gasteiger partial charge in [-0.2, -0.15) is 0 Å². The highest BCUT2D eigenvalue weighted by Gasteiger charge is 2.42. The van der Waals surface area contributed by atoms with Crippen molar-refractivity contribution in [3.05, 3.63) is 119 Å². The van der Waals surface area contributed by atoms with Crippen molar-refractivity contribution in [2.75, 3.05) is 6.61 Å². The number of rotatable bonds is 10. The van der Waals surface area contributed by atoms with Gasteiger partial charge in [0.05, 0.1) is 26.4 Å². The second-order valence-electron chi connectivity index (χ2n) is 8.13. The number of benzene rings is 3. The summed E-state index contributed by atoms with van der Waals surface area (Å²) in [4.78, 5) is 0. The average molecular weight is 447 g/mol. The van der Waals surface area contributed by atoms with Gasteiger partial charge in [-0.3, -0.25) is 0 Å². The Morgan fingerprint density at radius 1 is 0.576 bits per heavy atom. The topological polar surface area (TPSA) is 68.2 Å². The Hall–Kier alpha value is -2.80. The van der Waals surface area contributed by atoms with Crippen LogP contribution in [-0.2, 0) is 34.0 Å². The predicted molar refractivity (Wildman–Crippen MR) is 126 cm³/mol. The lowest BCUT2D eigenvalue weighted by molar-refractivity contribution is -0.172. The maximum Gasteiger partial charge on any atom is 0.117 e. The van der Waals surface area contributed by atoms with Crippen molar-refractivity contribution in [2.24, 2.45) is 0 Å². The lowest BCUT2D eigenvalue weighted by Crippen LogP contribution is -2.52. The van der Waals surface area contributed by atoms with Crippen molar-refractivity contribution < 1.29 is 24.4 Å².